The minimum atomic E-state index is -0.506. The van der Waals surface area contributed by atoms with Crippen molar-refractivity contribution in [3.05, 3.63) is 74.9 Å². The first-order valence-corrected chi connectivity index (χ1v) is 9.37. The van der Waals surface area contributed by atoms with Gasteiger partial charge in [-0.15, -0.1) is 5.10 Å². The number of benzene rings is 2. The van der Waals surface area contributed by atoms with E-state index in [0.29, 0.717) is 28.1 Å². The van der Waals surface area contributed by atoms with Gasteiger partial charge in [-0.3, -0.25) is 4.79 Å². The summed E-state index contributed by atoms with van der Waals surface area (Å²) in [6, 6.07) is 14.6. The minimum Gasteiger partial charge on any atom is -0.366 e. The molecule has 1 amide bonds. The second-order valence-corrected chi connectivity index (χ2v) is 7.49. The molecule has 27 heavy (non-hydrogen) atoms. The summed E-state index contributed by atoms with van der Waals surface area (Å²) < 4.78 is 2.62. The standard InChI is InChI=1S/C19H15BrClN5O/c1-10-15(17(22)27)16(11-6-8-12(20)9-7-11)26-19(23-10)24-18(25-26)13-4-2-3-5-14(13)21/h2-9,16H,1H3,(H2,22,27)(H,23,24,25)/t16-/m0/s1. The Morgan fingerprint density at radius 2 is 1.93 bits per heavy atom. The average molecular weight is 445 g/mol. The summed E-state index contributed by atoms with van der Waals surface area (Å²) in [5.74, 6) is 0.498. The molecule has 4 rings (SSSR count). The number of allylic oxidation sites excluding steroid dienone is 1. The lowest BCUT2D eigenvalue weighted by atomic mass is 9.95. The van der Waals surface area contributed by atoms with Crippen LogP contribution in [-0.4, -0.2) is 20.7 Å². The fraction of sp³-hybridized carbons (Fsp3) is 0.105. The largest absolute Gasteiger partial charge is 0.366 e. The van der Waals surface area contributed by atoms with Crippen LogP contribution in [0.3, 0.4) is 0 Å². The molecular formula is C19H15BrClN5O. The molecule has 6 nitrogen and oxygen atoms in total. The van der Waals surface area contributed by atoms with Crippen molar-refractivity contribution in [3.8, 4) is 11.4 Å². The van der Waals surface area contributed by atoms with Crippen LogP contribution in [0.15, 0.2) is 64.3 Å². The molecule has 0 spiro atoms. The monoisotopic (exact) mass is 443 g/mol. The van der Waals surface area contributed by atoms with Gasteiger partial charge in [0.15, 0.2) is 5.82 Å². The van der Waals surface area contributed by atoms with E-state index in [1.54, 1.807) is 17.7 Å². The smallest absolute Gasteiger partial charge is 0.248 e. The lowest BCUT2D eigenvalue weighted by Gasteiger charge is -2.27. The van der Waals surface area contributed by atoms with E-state index in [9.17, 15) is 4.79 Å². The molecule has 1 aromatic heterocycles. The Morgan fingerprint density at radius 1 is 1.22 bits per heavy atom. The predicted octanol–water partition coefficient (Wildman–Crippen LogP) is 4.14. The highest BCUT2D eigenvalue weighted by molar-refractivity contribution is 9.10. The van der Waals surface area contributed by atoms with Gasteiger partial charge in [0.05, 0.1) is 10.6 Å². The Morgan fingerprint density at radius 3 is 2.59 bits per heavy atom. The number of amides is 1. The number of anilines is 1. The molecule has 8 heteroatoms. The third-order valence-corrected chi connectivity index (χ3v) is 5.28. The predicted molar refractivity (Wildman–Crippen MR) is 108 cm³/mol. The maximum Gasteiger partial charge on any atom is 0.248 e. The number of hydrogen-bond donors (Lipinski definition) is 2. The van der Waals surface area contributed by atoms with Crippen LogP contribution >= 0.6 is 27.5 Å². The summed E-state index contributed by atoms with van der Waals surface area (Å²) in [5, 5.41) is 8.32. The van der Waals surface area contributed by atoms with Crippen LogP contribution in [0.4, 0.5) is 5.95 Å². The fourth-order valence-corrected chi connectivity index (χ4v) is 3.66. The zero-order valence-corrected chi connectivity index (χ0v) is 16.6. The number of nitrogens with one attached hydrogen (secondary N) is 1. The van der Waals surface area contributed by atoms with E-state index in [4.69, 9.17) is 17.3 Å². The Labute approximate surface area is 169 Å². The molecule has 1 aliphatic rings. The number of carbonyl (C=O) groups excluding carboxylic acids is 1. The molecule has 0 unspecified atom stereocenters. The second-order valence-electron chi connectivity index (χ2n) is 6.17. The van der Waals surface area contributed by atoms with Crippen molar-refractivity contribution in [1.82, 2.24) is 14.8 Å². The molecule has 2 aromatic carbocycles. The number of hydrogen-bond acceptors (Lipinski definition) is 4. The van der Waals surface area contributed by atoms with Crippen LogP contribution < -0.4 is 11.1 Å². The number of aromatic nitrogens is 3. The van der Waals surface area contributed by atoms with Gasteiger partial charge in [0.2, 0.25) is 11.9 Å². The van der Waals surface area contributed by atoms with E-state index < -0.39 is 11.9 Å². The Balaban J connectivity index is 1.90. The number of nitrogens with zero attached hydrogens (tertiary/aromatic N) is 3. The summed E-state index contributed by atoms with van der Waals surface area (Å²) >= 11 is 9.74. The summed E-state index contributed by atoms with van der Waals surface area (Å²) in [6.45, 7) is 1.80. The van der Waals surface area contributed by atoms with Gasteiger partial charge in [-0.1, -0.05) is 51.8 Å². The van der Waals surface area contributed by atoms with Crippen LogP contribution in [0.2, 0.25) is 5.02 Å². The number of rotatable bonds is 3. The third-order valence-electron chi connectivity index (χ3n) is 4.42. The topological polar surface area (TPSA) is 85.8 Å². The molecule has 136 valence electrons. The second kappa shape index (κ2) is 6.83. The first-order valence-electron chi connectivity index (χ1n) is 8.20. The Kier molecular flexibility index (Phi) is 4.49. The van der Waals surface area contributed by atoms with Gasteiger partial charge in [-0.25, -0.2) is 4.68 Å². The molecule has 0 bridgehead atoms. The molecule has 1 aliphatic heterocycles. The van der Waals surface area contributed by atoms with Gasteiger partial charge in [-0.2, -0.15) is 4.98 Å². The molecule has 0 radical (unpaired) electrons. The highest BCUT2D eigenvalue weighted by atomic mass is 79.9. The van der Waals surface area contributed by atoms with Crippen LogP contribution in [0.5, 0.6) is 0 Å². The molecule has 0 saturated carbocycles. The molecule has 2 heterocycles. The van der Waals surface area contributed by atoms with E-state index in [-0.39, 0.29) is 0 Å². The maximum atomic E-state index is 12.2. The van der Waals surface area contributed by atoms with E-state index >= 15 is 0 Å². The van der Waals surface area contributed by atoms with Gasteiger partial charge < -0.3 is 11.1 Å². The number of fused-ring (bicyclic) bond motifs is 1. The first kappa shape index (κ1) is 17.8. The SMILES string of the molecule is CC1=C(C(N)=O)[C@H](c2ccc(Br)cc2)n2nc(-c3ccccc3Cl)nc2N1. The van der Waals surface area contributed by atoms with Crippen LogP contribution in [-0.2, 0) is 4.79 Å². The minimum absolute atomic E-state index is 0.445. The van der Waals surface area contributed by atoms with Gasteiger partial charge in [0.25, 0.3) is 0 Å². The lowest BCUT2D eigenvalue weighted by Crippen LogP contribution is -2.31. The summed E-state index contributed by atoms with van der Waals surface area (Å²) in [6.07, 6.45) is 0. The van der Waals surface area contributed by atoms with Crippen molar-refractivity contribution in [2.45, 2.75) is 13.0 Å². The van der Waals surface area contributed by atoms with E-state index in [1.165, 1.54) is 0 Å². The number of primary amides is 1. The number of carbonyl (C=O) groups is 1. The van der Waals surface area contributed by atoms with Crippen molar-refractivity contribution in [2.24, 2.45) is 5.73 Å². The van der Waals surface area contributed by atoms with Crippen molar-refractivity contribution in [3.63, 3.8) is 0 Å². The normalized spacial score (nSPS) is 16.0. The molecular weight excluding hydrogens is 430 g/mol. The Hall–Kier alpha value is -2.64. The van der Waals surface area contributed by atoms with Crippen molar-refractivity contribution < 1.29 is 4.79 Å². The maximum absolute atomic E-state index is 12.2. The lowest BCUT2D eigenvalue weighted by molar-refractivity contribution is -0.115. The number of nitrogens with two attached hydrogens (primary N) is 1. The molecule has 3 N–H and O–H groups in total. The zero-order chi connectivity index (χ0) is 19.1. The zero-order valence-electron chi connectivity index (χ0n) is 14.3. The molecule has 0 aliphatic carbocycles. The highest BCUT2D eigenvalue weighted by Gasteiger charge is 2.33. The van der Waals surface area contributed by atoms with Crippen LogP contribution in [0.25, 0.3) is 11.4 Å². The van der Waals surface area contributed by atoms with E-state index in [1.807, 2.05) is 42.5 Å². The fourth-order valence-electron chi connectivity index (χ4n) is 3.18. The van der Waals surface area contributed by atoms with Crippen molar-refractivity contribution >= 4 is 39.4 Å². The highest BCUT2D eigenvalue weighted by Crippen LogP contribution is 2.37. The van der Waals surface area contributed by atoms with Gasteiger partial charge in [0.1, 0.15) is 6.04 Å². The van der Waals surface area contributed by atoms with Gasteiger partial charge >= 0.3 is 0 Å². The van der Waals surface area contributed by atoms with E-state index in [2.05, 4.69) is 31.3 Å². The van der Waals surface area contributed by atoms with Crippen LogP contribution in [0, 0.1) is 0 Å². The molecule has 0 saturated heterocycles. The summed E-state index contributed by atoms with van der Waals surface area (Å²) in [7, 11) is 0. The summed E-state index contributed by atoms with van der Waals surface area (Å²) in [5.41, 5.74) is 8.38. The van der Waals surface area contributed by atoms with E-state index in [0.717, 1.165) is 15.6 Å². The average Bonchev–Trinajstić information content (AvgIpc) is 3.04. The molecule has 3 aromatic rings. The number of halogens is 2. The van der Waals surface area contributed by atoms with Crippen molar-refractivity contribution in [1.29, 1.82) is 0 Å². The summed E-state index contributed by atoms with van der Waals surface area (Å²) in [4.78, 5) is 16.8. The molecule has 1 atom stereocenters. The van der Waals surface area contributed by atoms with Gasteiger partial charge in [0, 0.05) is 15.7 Å². The molecule has 0 fully saturated rings. The van der Waals surface area contributed by atoms with Crippen LogP contribution in [0.1, 0.15) is 18.5 Å². The quantitative estimate of drug-likeness (QED) is 0.636. The Bertz CT molecular complexity index is 1070. The third kappa shape index (κ3) is 3.13. The first-order chi connectivity index (χ1) is 13.0. The van der Waals surface area contributed by atoms with Crippen molar-refractivity contribution in [2.75, 3.05) is 5.32 Å². The van der Waals surface area contributed by atoms with Gasteiger partial charge in [-0.05, 0) is 36.8 Å².